The summed E-state index contributed by atoms with van der Waals surface area (Å²) >= 11 is 0. The van der Waals surface area contributed by atoms with Gasteiger partial charge in [0.2, 0.25) is 5.91 Å². The Kier molecular flexibility index (Phi) is 4.79. The van der Waals surface area contributed by atoms with Gasteiger partial charge in [0.05, 0.1) is 12.0 Å². The fraction of sp³-hybridized carbons (Fsp3) is 0.611. The van der Waals surface area contributed by atoms with E-state index in [2.05, 4.69) is 34.5 Å². The molecule has 0 radical (unpaired) electrons. The molecular formula is C18H26N2O2. The van der Waals surface area contributed by atoms with Crippen LogP contribution in [-0.2, 0) is 9.53 Å². The highest BCUT2D eigenvalue weighted by molar-refractivity contribution is 5.83. The molecule has 2 fully saturated rings. The van der Waals surface area contributed by atoms with Crippen LogP contribution in [-0.4, -0.2) is 50.7 Å². The summed E-state index contributed by atoms with van der Waals surface area (Å²) in [6, 6.07) is 10.6. The Morgan fingerprint density at radius 2 is 2.05 bits per heavy atom. The molecule has 4 heteroatoms. The predicted octanol–water partition coefficient (Wildman–Crippen LogP) is 2.02. The molecule has 1 atom stereocenters. The zero-order chi connectivity index (χ0) is 15.4. The highest BCUT2D eigenvalue weighted by Crippen LogP contribution is 2.35. The number of nitrogens with one attached hydrogen (secondary N) is 1. The van der Waals surface area contributed by atoms with Crippen LogP contribution in [0.15, 0.2) is 30.3 Å². The lowest BCUT2D eigenvalue weighted by Gasteiger charge is -2.38. The Morgan fingerprint density at radius 1 is 1.32 bits per heavy atom. The van der Waals surface area contributed by atoms with Gasteiger partial charge in [0.25, 0.3) is 0 Å². The number of methoxy groups -OCH3 is 1. The van der Waals surface area contributed by atoms with E-state index >= 15 is 0 Å². The van der Waals surface area contributed by atoms with Gasteiger partial charge in [-0.15, -0.1) is 0 Å². The molecule has 0 aliphatic carbocycles. The lowest BCUT2D eigenvalue weighted by molar-refractivity contribution is -0.146. The van der Waals surface area contributed by atoms with Crippen LogP contribution < -0.4 is 5.32 Å². The minimum Gasteiger partial charge on any atom is -0.384 e. The van der Waals surface area contributed by atoms with Gasteiger partial charge < -0.3 is 15.0 Å². The first-order valence-electron chi connectivity index (χ1n) is 8.29. The largest absolute Gasteiger partial charge is 0.384 e. The van der Waals surface area contributed by atoms with E-state index in [4.69, 9.17) is 4.74 Å². The first-order chi connectivity index (χ1) is 10.7. The van der Waals surface area contributed by atoms with Crippen molar-refractivity contribution in [3.63, 3.8) is 0 Å². The fourth-order valence-electron chi connectivity index (χ4n) is 3.88. The van der Waals surface area contributed by atoms with E-state index in [1.165, 1.54) is 5.56 Å². The van der Waals surface area contributed by atoms with Crippen molar-refractivity contribution in [2.24, 2.45) is 5.41 Å². The lowest BCUT2D eigenvalue weighted by atomic mass is 9.78. The van der Waals surface area contributed by atoms with Gasteiger partial charge in [-0.3, -0.25) is 4.79 Å². The van der Waals surface area contributed by atoms with Crippen molar-refractivity contribution < 1.29 is 9.53 Å². The van der Waals surface area contributed by atoms with Crippen molar-refractivity contribution in [1.29, 1.82) is 0 Å². The Hall–Kier alpha value is -1.39. The lowest BCUT2D eigenvalue weighted by Crippen LogP contribution is -2.51. The van der Waals surface area contributed by atoms with E-state index in [0.717, 1.165) is 45.4 Å². The van der Waals surface area contributed by atoms with Crippen LogP contribution in [0.2, 0.25) is 0 Å². The molecule has 1 amide bonds. The molecule has 0 bridgehead atoms. The second-order valence-electron chi connectivity index (χ2n) is 6.61. The highest BCUT2D eigenvalue weighted by Gasteiger charge is 2.43. The van der Waals surface area contributed by atoms with Crippen LogP contribution in [0, 0.1) is 5.41 Å². The number of ether oxygens (including phenoxy) is 1. The van der Waals surface area contributed by atoms with E-state index in [0.29, 0.717) is 18.4 Å². The Bertz CT molecular complexity index is 492. The molecule has 3 rings (SSSR count). The SMILES string of the molecule is COCC1(C(=O)N2CCC(c3ccccc3)C2)CCNCC1. The summed E-state index contributed by atoms with van der Waals surface area (Å²) in [5.74, 6) is 0.778. The number of carbonyl (C=O) groups excluding carboxylic acids is 1. The van der Waals surface area contributed by atoms with Crippen molar-refractivity contribution in [1.82, 2.24) is 10.2 Å². The number of rotatable bonds is 4. The van der Waals surface area contributed by atoms with Crippen molar-refractivity contribution in [3.05, 3.63) is 35.9 Å². The summed E-state index contributed by atoms with van der Waals surface area (Å²) in [7, 11) is 1.70. The summed E-state index contributed by atoms with van der Waals surface area (Å²) < 4.78 is 5.40. The first-order valence-corrected chi connectivity index (χ1v) is 8.29. The van der Waals surface area contributed by atoms with Crippen LogP contribution in [0.1, 0.15) is 30.7 Å². The van der Waals surface area contributed by atoms with E-state index in [1.807, 2.05) is 6.07 Å². The number of hydrogen-bond donors (Lipinski definition) is 1. The molecule has 0 saturated carbocycles. The maximum absolute atomic E-state index is 13.1. The number of benzene rings is 1. The van der Waals surface area contributed by atoms with Crippen LogP contribution in [0.5, 0.6) is 0 Å². The monoisotopic (exact) mass is 302 g/mol. The minimum absolute atomic E-state index is 0.300. The smallest absolute Gasteiger partial charge is 0.231 e. The molecule has 1 unspecified atom stereocenters. The summed E-state index contributed by atoms with van der Waals surface area (Å²) in [6.07, 6.45) is 2.83. The molecule has 0 spiro atoms. The molecule has 0 aromatic heterocycles. The quantitative estimate of drug-likeness (QED) is 0.925. The number of hydrogen-bond acceptors (Lipinski definition) is 3. The maximum atomic E-state index is 13.1. The molecular weight excluding hydrogens is 276 g/mol. The van der Waals surface area contributed by atoms with Crippen molar-refractivity contribution in [2.45, 2.75) is 25.2 Å². The molecule has 4 nitrogen and oxygen atoms in total. The van der Waals surface area contributed by atoms with Gasteiger partial charge in [0.1, 0.15) is 0 Å². The van der Waals surface area contributed by atoms with E-state index in [-0.39, 0.29) is 5.41 Å². The minimum atomic E-state index is -0.314. The third kappa shape index (κ3) is 3.03. The van der Waals surface area contributed by atoms with Gasteiger partial charge in [-0.05, 0) is 37.9 Å². The molecule has 1 N–H and O–H groups in total. The Labute approximate surface area is 132 Å². The first kappa shape index (κ1) is 15.5. The number of carbonyl (C=O) groups is 1. The molecule has 120 valence electrons. The van der Waals surface area contributed by atoms with E-state index in [1.54, 1.807) is 7.11 Å². The van der Waals surface area contributed by atoms with Gasteiger partial charge in [-0.2, -0.15) is 0 Å². The Morgan fingerprint density at radius 3 is 2.73 bits per heavy atom. The predicted molar refractivity (Wildman–Crippen MR) is 86.8 cm³/mol. The molecule has 1 aromatic carbocycles. The second-order valence-corrected chi connectivity index (χ2v) is 6.61. The molecule has 2 aliphatic rings. The van der Waals surface area contributed by atoms with Crippen LogP contribution in [0.25, 0.3) is 0 Å². The van der Waals surface area contributed by atoms with Crippen LogP contribution in [0.3, 0.4) is 0 Å². The molecule has 2 heterocycles. The zero-order valence-electron chi connectivity index (χ0n) is 13.4. The van der Waals surface area contributed by atoms with Crippen LogP contribution >= 0.6 is 0 Å². The Balaban J connectivity index is 1.70. The van der Waals surface area contributed by atoms with Crippen molar-refractivity contribution >= 4 is 5.91 Å². The topological polar surface area (TPSA) is 41.6 Å². The molecule has 1 aromatic rings. The van der Waals surface area contributed by atoms with Gasteiger partial charge >= 0.3 is 0 Å². The summed E-state index contributed by atoms with van der Waals surface area (Å²) in [4.78, 5) is 15.2. The summed E-state index contributed by atoms with van der Waals surface area (Å²) in [5, 5.41) is 3.35. The van der Waals surface area contributed by atoms with Gasteiger partial charge in [0, 0.05) is 26.1 Å². The van der Waals surface area contributed by atoms with E-state index in [9.17, 15) is 4.79 Å². The average molecular weight is 302 g/mol. The maximum Gasteiger partial charge on any atom is 0.231 e. The van der Waals surface area contributed by atoms with Crippen molar-refractivity contribution in [3.8, 4) is 0 Å². The normalized spacial score (nSPS) is 24.4. The number of piperidine rings is 1. The highest BCUT2D eigenvalue weighted by atomic mass is 16.5. The number of nitrogens with zero attached hydrogens (tertiary/aromatic N) is 1. The third-order valence-electron chi connectivity index (χ3n) is 5.18. The number of likely N-dealkylation sites (tertiary alicyclic amines) is 1. The van der Waals surface area contributed by atoms with Gasteiger partial charge in [-0.1, -0.05) is 30.3 Å². The fourth-order valence-corrected chi connectivity index (χ4v) is 3.88. The van der Waals surface area contributed by atoms with Gasteiger partial charge in [0.15, 0.2) is 0 Å². The molecule has 22 heavy (non-hydrogen) atoms. The van der Waals surface area contributed by atoms with Gasteiger partial charge in [-0.25, -0.2) is 0 Å². The third-order valence-corrected chi connectivity index (χ3v) is 5.18. The molecule has 2 saturated heterocycles. The molecule has 2 aliphatic heterocycles. The summed E-state index contributed by atoms with van der Waals surface area (Å²) in [6.45, 7) is 4.08. The standard InChI is InChI=1S/C18H26N2O2/c1-22-14-18(8-10-19-11-9-18)17(21)20-12-7-16(13-20)15-5-3-2-4-6-15/h2-6,16,19H,7-14H2,1H3. The average Bonchev–Trinajstić information content (AvgIpc) is 3.06. The number of amides is 1. The van der Waals surface area contributed by atoms with E-state index < -0.39 is 0 Å². The van der Waals surface area contributed by atoms with Crippen LogP contribution in [0.4, 0.5) is 0 Å². The second kappa shape index (κ2) is 6.80. The van der Waals surface area contributed by atoms with Crippen molar-refractivity contribution in [2.75, 3.05) is 39.9 Å². The zero-order valence-corrected chi connectivity index (χ0v) is 13.4. The summed E-state index contributed by atoms with van der Waals surface area (Å²) in [5.41, 5.74) is 1.04.